The molecule has 0 bridgehead atoms. The number of aromatic nitrogens is 4. The number of unbranched alkanes of at least 4 members (excludes halogenated alkanes) is 13. The Bertz CT molecular complexity index is 780. The Morgan fingerprint density at radius 2 is 1.41 bits per heavy atom. The highest BCUT2D eigenvalue weighted by Crippen LogP contribution is 2.17. The summed E-state index contributed by atoms with van der Waals surface area (Å²) in [6.07, 6.45) is 19.8. The maximum absolute atomic E-state index is 12.5. The lowest BCUT2D eigenvalue weighted by Gasteiger charge is -2.23. The van der Waals surface area contributed by atoms with Crippen LogP contribution in [-0.4, -0.2) is 84.6 Å². The fourth-order valence-electron chi connectivity index (χ4n) is 4.30. The molecule has 1 heterocycles. The third-order valence-corrected chi connectivity index (χ3v) is 9.22. The Morgan fingerprint density at radius 1 is 0.865 bits per heavy atom. The van der Waals surface area contributed by atoms with E-state index in [1.807, 2.05) is 11.8 Å². The van der Waals surface area contributed by atoms with Crippen molar-refractivity contribution in [1.82, 2.24) is 24.9 Å². The Labute approximate surface area is 232 Å². The molecule has 0 saturated heterocycles. The van der Waals surface area contributed by atoms with Crippen LogP contribution in [0.1, 0.15) is 115 Å². The number of aryl methyl sites for hydroxylation is 1. The minimum atomic E-state index is -3.32. The summed E-state index contributed by atoms with van der Waals surface area (Å²) < 4.78 is 28.5. The summed E-state index contributed by atoms with van der Waals surface area (Å²) in [5.41, 5.74) is 0. The van der Waals surface area contributed by atoms with E-state index in [2.05, 4.69) is 48.2 Å². The van der Waals surface area contributed by atoms with Crippen LogP contribution in [0.3, 0.4) is 0 Å². The molecule has 0 aliphatic heterocycles. The number of rotatable bonds is 25. The van der Waals surface area contributed by atoms with E-state index in [1.165, 1.54) is 89.9 Å². The van der Waals surface area contributed by atoms with Gasteiger partial charge in [-0.2, -0.15) is 16.6 Å². The molecule has 0 aliphatic rings. The number of hydrogen-bond acceptors (Lipinski definition) is 6. The third kappa shape index (κ3) is 19.9. The van der Waals surface area contributed by atoms with Gasteiger partial charge in [0.1, 0.15) is 0 Å². The molecule has 1 aromatic heterocycles. The van der Waals surface area contributed by atoms with Crippen LogP contribution in [0.5, 0.6) is 0 Å². The first-order valence-corrected chi connectivity index (χ1v) is 17.6. The second kappa shape index (κ2) is 20.2. The number of nitrogens with zero attached hydrogens (tertiary/aromatic N) is 5. The quantitative estimate of drug-likeness (QED) is 0.121. The molecule has 1 unspecified atom stereocenters. The number of quaternary nitrogens is 1. The van der Waals surface area contributed by atoms with E-state index in [0.717, 1.165) is 22.5 Å². The summed E-state index contributed by atoms with van der Waals surface area (Å²) in [4.78, 5) is 1.57. The van der Waals surface area contributed by atoms with E-state index >= 15 is 0 Å². The van der Waals surface area contributed by atoms with E-state index in [9.17, 15) is 8.42 Å². The summed E-state index contributed by atoms with van der Waals surface area (Å²) in [5.74, 6) is 2.60. The summed E-state index contributed by atoms with van der Waals surface area (Å²) in [6.45, 7) is 5.20. The largest absolute Gasteiger partial charge is 0.331 e. The molecule has 0 aromatic carbocycles. The van der Waals surface area contributed by atoms with E-state index < -0.39 is 10.0 Å². The Morgan fingerprint density at radius 3 is 1.89 bits per heavy atom. The molecular formula is C27H57N6O2S2+. The van der Waals surface area contributed by atoms with Gasteiger partial charge in [0.05, 0.1) is 39.5 Å². The van der Waals surface area contributed by atoms with Gasteiger partial charge in [-0.3, -0.25) is 0 Å². The molecule has 1 atom stereocenters. The molecular weight excluding hydrogens is 504 g/mol. The van der Waals surface area contributed by atoms with Crippen molar-refractivity contribution in [2.24, 2.45) is 0 Å². The highest BCUT2D eigenvalue weighted by molar-refractivity contribution is 7.99. The molecule has 0 radical (unpaired) electrons. The van der Waals surface area contributed by atoms with Crippen molar-refractivity contribution >= 4 is 21.8 Å². The van der Waals surface area contributed by atoms with Gasteiger partial charge in [0.25, 0.3) is 0 Å². The van der Waals surface area contributed by atoms with E-state index in [4.69, 9.17) is 0 Å². The van der Waals surface area contributed by atoms with Crippen molar-refractivity contribution < 1.29 is 12.9 Å². The SMILES string of the molecule is CCCCCCCCCCCCCCCCSCC(CNS(=O)(=O)CCC[N+](C)(C)C)n1nnc(C)n1. The molecule has 1 N–H and O–H groups in total. The fourth-order valence-corrected chi connectivity index (χ4v) is 6.50. The number of thioether (sulfide) groups is 1. The van der Waals surface area contributed by atoms with Crippen molar-refractivity contribution in [2.45, 2.75) is 116 Å². The van der Waals surface area contributed by atoms with Gasteiger partial charge in [0.15, 0.2) is 5.82 Å². The summed E-state index contributed by atoms with van der Waals surface area (Å²) in [6, 6.07) is -0.133. The minimum absolute atomic E-state index is 0.133. The zero-order valence-corrected chi connectivity index (χ0v) is 26.2. The first-order valence-electron chi connectivity index (χ1n) is 14.7. The second-order valence-electron chi connectivity index (χ2n) is 11.5. The molecule has 37 heavy (non-hydrogen) atoms. The maximum Gasteiger partial charge on any atom is 0.211 e. The zero-order chi connectivity index (χ0) is 27.4. The molecule has 10 heteroatoms. The van der Waals surface area contributed by atoms with E-state index in [1.54, 1.807) is 11.7 Å². The molecule has 1 aromatic rings. The lowest BCUT2D eigenvalue weighted by atomic mass is 10.0. The molecule has 0 saturated carbocycles. The van der Waals surface area contributed by atoms with Crippen molar-refractivity contribution in [2.75, 3.05) is 51.5 Å². The van der Waals surface area contributed by atoms with Crippen LogP contribution in [0.4, 0.5) is 0 Å². The van der Waals surface area contributed by atoms with Crippen LogP contribution >= 0.6 is 11.8 Å². The lowest BCUT2D eigenvalue weighted by molar-refractivity contribution is -0.870. The first-order chi connectivity index (χ1) is 17.6. The van der Waals surface area contributed by atoms with Gasteiger partial charge in [-0.1, -0.05) is 90.4 Å². The Kier molecular flexibility index (Phi) is 18.8. The van der Waals surface area contributed by atoms with Crippen LogP contribution < -0.4 is 4.72 Å². The highest BCUT2D eigenvalue weighted by Gasteiger charge is 2.19. The van der Waals surface area contributed by atoms with Crippen LogP contribution in [0.2, 0.25) is 0 Å². The Hall–Kier alpha value is -0.710. The third-order valence-electron chi connectivity index (χ3n) is 6.59. The first kappa shape index (κ1) is 34.3. The van der Waals surface area contributed by atoms with Gasteiger partial charge in [-0.15, -0.1) is 10.2 Å². The Balaban J connectivity index is 2.16. The topological polar surface area (TPSA) is 89.8 Å². The molecule has 0 spiro atoms. The minimum Gasteiger partial charge on any atom is -0.331 e. The van der Waals surface area contributed by atoms with Gasteiger partial charge in [-0.25, -0.2) is 13.1 Å². The highest BCUT2D eigenvalue weighted by atomic mass is 32.2. The van der Waals surface area contributed by atoms with Crippen LogP contribution in [0.25, 0.3) is 0 Å². The zero-order valence-electron chi connectivity index (χ0n) is 24.6. The van der Waals surface area contributed by atoms with E-state index in [-0.39, 0.29) is 11.8 Å². The standard InChI is InChI=1S/C27H57N6O2S2/c1-6-7-8-9-10-11-12-13-14-15-16-17-18-19-22-36-25-27(32-30-26(2)29-31-32)24-28-37(34,35)23-20-21-33(3,4)5/h27-28H,6-25H2,1-5H3/q+1. The molecule has 8 nitrogen and oxygen atoms in total. The van der Waals surface area contributed by atoms with Crippen molar-refractivity contribution in [3.05, 3.63) is 5.82 Å². The van der Waals surface area contributed by atoms with Gasteiger partial charge < -0.3 is 4.48 Å². The van der Waals surface area contributed by atoms with Gasteiger partial charge in [-0.05, 0) is 24.3 Å². The van der Waals surface area contributed by atoms with Crippen molar-refractivity contribution in [1.29, 1.82) is 0 Å². The number of nitrogens with one attached hydrogen (secondary N) is 1. The number of sulfonamides is 1. The predicted octanol–water partition coefficient (Wildman–Crippen LogP) is 5.75. The smallest absolute Gasteiger partial charge is 0.211 e. The molecule has 1 rings (SSSR count). The normalized spacial score (nSPS) is 13.3. The van der Waals surface area contributed by atoms with Gasteiger partial charge in [0, 0.05) is 18.7 Å². The van der Waals surface area contributed by atoms with Crippen LogP contribution in [-0.2, 0) is 10.0 Å². The van der Waals surface area contributed by atoms with Gasteiger partial charge >= 0.3 is 0 Å². The maximum atomic E-state index is 12.5. The van der Waals surface area contributed by atoms with Crippen LogP contribution in [0, 0.1) is 6.92 Å². The summed E-state index contributed by atoms with van der Waals surface area (Å²) in [7, 11) is 2.90. The molecule has 0 fully saturated rings. The summed E-state index contributed by atoms with van der Waals surface area (Å²) in [5, 5.41) is 12.4. The average molecular weight is 562 g/mol. The second-order valence-corrected chi connectivity index (χ2v) is 14.6. The fraction of sp³-hybridized carbons (Fsp3) is 0.963. The lowest BCUT2D eigenvalue weighted by Crippen LogP contribution is -2.38. The number of tetrazole rings is 1. The van der Waals surface area contributed by atoms with E-state index in [0.29, 0.717) is 18.8 Å². The monoisotopic (exact) mass is 561 g/mol. The predicted molar refractivity (Wildman–Crippen MR) is 159 cm³/mol. The molecule has 0 amide bonds. The molecule has 0 aliphatic carbocycles. The number of hydrogen-bond donors (Lipinski definition) is 1. The van der Waals surface area contributed by atoms with Crippen LogP contribution in [0.15, 0.2) is 0 Å². The van der Waals surface area contributed by atoms with Crippen molar-refractivity contribution in [3.8, 4) is 0 Å². The summed E-state index contributed by atoms with van der Waals surface area (Å²) >= 11 is 1.86. The molecule has 218 valence electrons. The van der Waals surface area contributed by atoms with Crippen molar-refractivity contribution in [3.63, 3.8) is 0 Å². The average Bonchev–Trinajstić information content (AvgIpc) is 3.25. The van der Waals surface area contributed by atoms with Gasteiger partial charge in [0.2, 0.25) is 10.0 Å².